The van der Waals surface area contributed by atoms with E-state index in [1.54, 1.807) is 21.3 Å². The van der Waals surface area contributed by atoms with Crippen LogP contribution in [0, 0.1) is 17.6 Å². The van der Waals surface area contributed by atoms with E-state index < -0.39 is 11.6 Å². The van der Waals surface area contributed by atoms with Crippen molar-refractivity contribution in [2.75, 3.05) is 41.0 Å². The van der Waals surface area contributed by atoms with Crippen molar-refractivity contribution >= 4 is 0 Å². The second-order valence-electron chi connectivity index (χ2n) is 8.45. The van der Waals surface area contributed by atoms with Crippen LogP contribution in [0.15, 0.2) is 30.3 Å². The van der Waals surface area contributed by atoms with Crippen LogP contribution in [0.3, 0.4) is 0 Å². The van der Waals surface area contributed by atoms with Gasteiger partial charge in [-0.15, -0.1) is 0 Å². The molecule has 4 rings (SSSR count). The van der Waals surface area contributed by atoms with Gasteiger partial charge in [0.2, 0.25) is 0 Å². The first-order chi connectivity index (χ1) is 15.5. The first-order valence-corrected chi connectivity index (χ1v) is 11.0. The third kappa shape index (κ3) is 4.53. The van der Waals surface area contributed by atoms with Crippen molar-refractivity contribution in [1.29, 1.82) is 0 Å². The first-order valence-electron chi connectivity index (χ1n) is 11.0. The Kier molecular flexibility index (Phi) is 7.13. The molecule has 174 valence electrons. The number of methoxy groups -OCH3 is 3. The van der Waals surface area contributed by atoms with Crippen LogP contribution in [0.2, 0.25) is 0 Å². The number of rotatable bonds is 7. The average Bonchev–Trinajstić information content (AvgIpc) is 3.28. The number of hydrogen-bond acceptors (Lipinski definition) is 6. The highest BCUT2D eigenvalue weighted by Crippen LogP contribution is 2.37. The average molecular weight is 448 g/mol. The van der Waals surface area contributed by atoms with Gasteiger partial charge in [0.05, 0.1) is 21.3 Å². The fourth-order valence-electron chi connectivity index (χ4n) is 5.09. The van der Waals surface area contributed by atoms with Crippen molar-refractivity contribution in [3.05, 3.63) is 53.1 Å². The van der Waals surface area contributed by atoms with E-state index in [4.69, 9.17) is 14.2 Å². The fourth-order valence-corrected chi connectivity index (χ4v) is 5.09. The van der Waals surface area contributed by atoms with Gasteiger partial charge in [-0.3, -0.25) is 15.8 Å². The molecule has 32 heavy (non-hydrogen) atoms. The lowest BCUT2D eigenvalue weighted by Crippen LogP contribution is -2.46. The number of ether oxygens (including phenoxy) is 3. The molecule has 3 atom stereocenters. The minimum atomic E-state index is -0.478. The zero-order valence-corrected chi connectivity index (χ0v) is 18.8. The number of likely N-dealkylation sites (tertiary alicyclic amines) is 1. The molecule has 2 aliphatic rings. The summed E-state index contributed by atoms with van der Waals surface area (Å²) in [5.74, 6) is 1.08. The van der Waals surface area contributed by atoms with Crippen molar-refractivity contribution in [3.63, 3.8) is 0 Å². The van der Waals surface area contributed by atoms with Gasteiger partial charge in [-0.25, -0.2) is 8.78 Å². The molecule has 8 heteroatoms. The van der Waals surface area contributed by atoms with Crippen LogP contribution < -0.4 is 25.1 Å². The highest BCUT2D eigenvalue weighted by atomic mass is 19.1. The van der Waals surface area contributed by atoms with Gasteiger partial charge in [0.25, 0.3) is 0 Å². The van der Waals surface area contributed by atoms with E-state index in [1.165, 1.54) is 18.2 Å². The predicted molar refractivity (Wildman–Crippen MR) is 118 cm³/mol. The maximum atomic E-state index is 14.5. The molecule has 2 aromatic rings. The third-order valence-electron chi connectivity index (χ3n) is 6.63. The molecule has 0 saturated carbocycles. The minimum Gasteiger partial charge on any atom is -0.496 e. The molecule has 2 fully saturated rings. The summed E-state index contributed by atoms with van der Waals surface area (Å²) in [5, 5.41) is 0. The van der Waals surface area contributed by atoms with Crippen molar-refractivity contribution in [3.8, 4) is 17.2 Å². The minimum absolute atomic E-state index is 0.0449. The van der Waals surface area contributed by atoms with Crippen LogP contribution in [0.25, 0.3) is 0 Å². The second kappa shape index (κ2) is 10.0. The Morgan fingerprint density at radius 1 is 1.00 bits per heavy atom. The molecule has 2 aromatic carbocycles. The zero-order chi connectivity index (χ0) is 22.7. The van der Waals surface area contributed by atoms with Crippen molar-refractivity contribution in [2.24, 2.45) is 5.92 Å². The van der Waals surface area contributed by atoms with Crippen LogP contribution in [0.4, 0.5) is 8.78 Å². The Hall–Kier alpha value is -2.42. The van der Waals surface area contributed by atoms with Gasteiger partial charge < -0.3 is 14.2 Å². The number of hydrazine groups is 1. The first kappa shape index (κ1) is 22.8. The lowest BCUT2D eigenvalue weighted by molar-refractivity contribution is 0.137. The second-order valence-corrected chi connectivity index (χ2v) is 8.45. The summed E-state index contributed by atoms with van der Waals surface area (Å²) < 4.78 is 45.4. The summed E-state index contributed by atoms with van der Waals surface area (Å²) in [5.41, 5.74) is 7.62. The summed E-state index contributed by atoms with van der Waals surface area (Å²) >= 11 is 0. The Labute approximate surface area is 187 Å². The Morgan fingerprint density at radius 2 is 1.69 bits per heavy atom. The van der Waals surface area contributed by atoms with E-state index in [-0.39, 0.29) is 23.4 Å². The molecule has 6 nitrogen and oxygen atoms in total. The van der Waals surface area contributed by atoms with Crippen molar-refractivity contribution < 1.29 is 23.0 Å². The smallest absolute Gasteiger partial charge is 0.164 e. The van der Waals surface area contributed by atoms with Crippen molar-refractivity contribution in [1.82, 2.24) is 15.8 Å². The van der Waals surface area contributed by atoms with Gasteiger partial charge in [-0.1, -0.05) is 6.07 Å². The number of nitrogens with one attached hydrogen (secondary N) is 2. The molecule has 0 aromatic heterocycles. The quantitative estimate of drug-likeness (QED) is 0.678. The maximum Gasteiger partial charge on any atom is 0.164 e. The van der Waals surface area contributed by atoms with Crippen LogP contribution in [0.5, 0.6) is 17.2 Å². The number of hydrogen-bond donors (Lipinski definition) is 2. The van der Waals surface area contributed by atoms with Crippen LogP contribution in [-0.4, -0.2) is 51.9 Å². The third-order valence-corrected chi connectivity index (χ3v) is 6.63. The molecule has 0 spiro atoms. The van der Waals surface area contributed by atoms with Crippen LogP contribution in [-0.2, 0) is 6.54 Å². The fraction of sp³-hybridized carbons (Fsp3) is 0.500. The molecular weight excluding hydrogens is 416 g/mol. The monoisotopic (exact) mass is 447 g/mol. The van der Waals surface area contributed by atoms with Gasteiger partial charge in [0, 0.05) is 48.8 Å². The molecule has 3 unspecified atom stereocenters. The SMILES string of the molecule is COc1cc(OC)c(OC)cc1CN1CCCC(C2NNCC2c2c(F)cccc2F)C1. The number of piperidine rings is 1. The largest absolute Gasteiger partial charge is 0.496 e. The summed E-state index contributed by atoms with van der Waals surface area (Å²) in [6.07, 6.45) is 2.02. The van der Waals surface area contributed by atoms with Gasteiger partial charge in [-0.05, 0) is 43.5 Å². The lowest BCUT2D eigenvalue weighted by atomic mass is 9.80. The molecule has 2 saturated heterocycles. The predicted octanol–water partition coefficient (Wildman–Crippen LogP) is 3.46. The summed E-state index contributed by atoms with van der Waals surface area (Å²) in [6, 6.07) is 7.84. The Balaban J connectivity index is 1.52. The molecule has 2 aliphatic heterocycles. The standard InChI is InChI=1S/C24H31F2N3O3/c1-30-20-11-22(32-3)21(31-2)10-16(20)14-29-9-5-6-15(13-29)24-17(12-27-28-24)23-18(25)7-4-8-19(23)26/h4,7-8,10-11,15,17,24,27-28H,5-6,9,12-14H2,1-3H3. The number of nitrogens with zero attached hydrogens (tertiary/aromatic N) is 1. The molecular formula is C24H31F2N3O3. The molecule has 2 N–H and O–H groups in total. The van der Waals surface area contributed by atoms with Gasteiger partial charge >= 0.3 is 0 Å². The Morgan fingerprint density at radius 3 is 2.38 bits per heavy atom. The summed E-state index contributed by atoms with van der Waals surface area (Å²) in [6.45, 7) is 2.97. The molecule has 0 amide bonds. The van der Waals surface area contributed by atoms with Gasteiger partial charge in [0.15, 0.2) is 11.5 Å². The van der Waals surface area contributed by atoms with E-state index in [1.807, 2.05) is 12.1 Å². The molecule has 0 aliphatic carbocycles. The highest BCUT2D eigenvalue weighted by molar-refractivity contribution is 5.50. The van der Waals surface area contributed by atoms with E-state index >= 15 is 0 Å². The number of halogens is 2. The van der Waals surface area contributed by atoms with Crippen LogP contribution in [0.1, 0.15) is 29.9 Å². The zero-order valence-electron chi connectivity index (χ0n) is 18.8. The highest BCUT2D eigenvalue weighted by Gasteiger charge is 2.39. The van der Waals surface area contributed by atoms with Crippen LogP contribution >= 0.6 is 0 Å². The lowest BCUT2D eigenvalue weighted by Gasteiger charge is -2.37. The number of benzene rings is 2. The topological polar surface area (TPSA) is 55.0 Å². The molecule has 0 bridgehead atoms. The van der Waals surface area contributed by atoms with Gasteiger partial charge in [0.1, 0.15) is 17.4 Å². The van der Waals surface area contributed by atoms with Crippen molar-refractivity contribution in [2.45, 2.75) is 31.3 Å². The van der Waals surface area contributed by atoms with E-state index in [0.29, 0.717) is 24.6 Å². The Bertz CT molecular complexity index is 923. The van der Waals surface area contributed by atoms with E-state index in [9.17, 15) is 8.78 Å². The summed E-state index contributed by atoms with van der Waals surface area (Å²) in [7, 11) is 4.86. The summed E-state index contributed by atoms with van der Waals surface area (Å²) in [4.78, 5) is 2.37. The molecule has 2 heterocycles. The van der Waals surface area contributed by atoms with Gasteiger partial charge in [-0.2, -0.15) is 0 Å². The van der Waals surface area contributed by atoms with E-state index in [0.717, 1.165) is 37.2 Å². The normalized spacial score (nSPS) is 23.8. The maximum absolute atomic E-state index is 14.5. The van der Waals surface area contributed by atoms with E-state index in [2.05, 4.69) is 15.8 Å². The molecule has 0 radical (unpaired) electrons.